The Balaban J connectivity index is 0.00000341. The molecule has 1 aromatic heterocycles. The summed E-state index contributed by atoms with van der Waals surface area (Å²) < 4.78 is 10.9. The zero-order chi connectivity index (χ0) is 21.3. The number of guanidine groups is 1. The summed E-state index contributed by atoms with van der Waals surface area (Å²) in [7, 11) is 5.27. The first kappa shape index (κ1) is 25.7. The Morgan fingerprint density at radius 3 is 2.58 bits per heavy atom. The fourth-order valence-corrected chi connectivity index (χ4v) is 4.40. The molecule has 1 aliphatic heterocycles. The highest BCUT2D eigenvalue weighted by atomic mass is 127. The molecule has 0 radical (unpaired) electrons. The summed E-state index contributed by atoms with van der Waals surface area (Å²) in [5.41, 5.74) is 2.32. The van der Waals surface area contributed by atoms with Crippen molar-refractivity contribution in [2.45, 2.75) is 26.3 Å². The van der Waals surface area contributed by atoms with Crippen LogP contribution in [0.4, 0.5) is 0 Å². The van der Waals surface area contributed by atoms with E-state index >= 15 is 0 Å². The van der Waals surface area contributed by atoms with Crippen molar-refractivity contribution in [3.05, 3.63) is 39.8 Å². The van der Waals surface area contributed by atoms with Gasteiger partial charge in [0.15, 0.2) is 5.96 Å². The number of aryl methyl sites for hydroxylation is 1. The van der Waals surface area contributed by atoms with Gasteiger partial charge in [-0.2, -0.15) is 0 Å². The number of methoxy groups -OCH3 is 2. The van der Waals surface area contributed by atoms with Crippen molar-refractivity contribution < 1.29 is 9.47 Å². The number of ether oxygens (including phenoxy) is 2. The van der Waals surface area contributed by atoms with Crippen LogP contribution >= 0.6 is 35.3 Å². The third-order valence-corrected chi connectivity index (χ3v) is 6.37. The number of hydrogen-bond acceptors (Lipinski definition) is 6. The molecule has 2 heterocycles. The lowest BCUT2D eigenvalue weighted by molar-refractivity contribution is 0.171. The van der Waals surface area contributed by atoms with Gasteiger partial charge < -0.3 is 19.7 Å². The second-order valence-electron chi connectivity index (χ2n) is 7.25. The van der Waals surface area contributed by atoms with Crippen LogP contribution in [0.1, 0.15) is 23.2 Å². The average Bonchev–Trinajstić information content (AvgIpc) is 3.25. The smallest absolute Gasteiger partial charge is 0.193 e. The zero-order valence-electron chi connectivity index (χ0n) is 18.9. The van der Waals surface area contributed by atoms with Gasteiger partial charge in [0.1, 0.15) is 11.5 Å². The van der Waals surface area contributed by atoms with Crippen LogP contribution in [0, 0.1) is 0 Å². The van der Waals surface area contributed by atoms with E-state index in [-0.39, 0.29) is 24.0 Å². The van der Waals surface area contributed by atoms with Gasteiger partial charge in [0.05, 0.1) is 24.9 Å². The molecule has 172 valence electrons. The molecule has 1 saturated heterocycles. The molecule has 0 amide bonds. The van der Waals surface area contributed by atoms with Gasteiger partial charge in [0.25, 0.3) is 0 Å². The summed E-state index contributed by atoms with van der Waals surface area (Å²) in [5.74, 6) is 2.74. The molecule has 31 heavy (non-hydrogen) atoms. The third-order valence-electron chi connectivity index (χ3n) is 5.33. The van der Waals surface area contributed by atoms with E-state index in [9.17, 15) is 0 Å². The number of rotatable bonds is 8. The monoisotopic (exact) mass is 559 g/mol. The lowest BCUT2D eigenvalue weighted by Gasteiger charge is -2.36. The summed E-state index contributed by atoms with van der Waals surface area (Å²) in [6.07, 6.45) is 1.93. The molecule has 3 rings (SSSR count). The first-order valence-electron chi connectivity index (χ1n) is 10.5. The predicted octanol–water partition coefficient (Wildman–Crippen LogP) is 3.28. The maximum atomic E-state index is 5.53. The Morgan fingerprint density at radius 1 is 1.19 bits per heavy atom. The first-order valence-corrected chi connectivity index (χ1v) is 11.4. The van der Waals surface area contributed by atoms with E-state index < -0.39 is 0 Å². The first-order chi connectivity index (χ1) is 14.7. The summed E-state index contributed by atoms with van der Waals surface area (Å²) in [5, 5.41) is 6.87. The molecule has 1 aliphatic rings. The molecule has 0 spiro atoms. The highest BCUT2D eigenvalue weighted by Crippen LogP contribution is 2.25. The molecule has 7 nitrogen and oxygen atoms in total. The topological polar surface area (TPSA) is 62.2 Å². The van der Waals surface area contributed by atoms with Crippen LogP contribution < -0.4 is 14.8 Å². The average molecular weight is 560 g/mol. The fraction of sp³-hybridized carbons (Fsp3) is 0.545. The van der Waals surface area contributed by atoms with Crippen LogP contribution in [-0.2, 0) is 19.4 Å². The van der Waals surface area contributed by atoms with Crippen molar-refractivity contribution in [2.24, 2.45) is 4.99 Å². The number of benzene rings is 1. The van der Waals surface area contributed by atoms with Gasteiger partial charge in [-0.25, -0.2) is 4.98 Å². The lowest BCUT2D eigenvalue weighted by Crippen LogP contribution is -2.52. The largest absolute Gasteiger partial charge is 0.497 e. The Morgan fingerprint density at radius 2 is 1.97 bits per heavy atom. The van der Waals surface area contributed by atoms with Gasteiger partial charge in [0.2, 0.25) is 0 Å². The number of nitrogens with zero attached hydrogens (tertiary/aromatic N) is 4. The highest BCUT2D eigenvalue weighted by Gasteiger charge is 2.20. The van der Waals surface area contributed by atoms with Gasteiger partial charge in [-0.3, -0.25) is 9.89 Å². The van der Waals surface area contributed by atoms with Gasteiger partial charge in [-0.1, -0.05) is 6.92 Å². The summed E-state index contributed by atoms with van der Waals surface area (Å²) in [4.78, 5) is 13.9. The Hall–Kier alpha value is -1.59. The molecule has 1 aromatic carbocycles. The van der Waals surface area contributed by atoms with Crippen LogP contribution in [-0.4, -0.2) is 74.7 Å². The van der Waals surface area contributed by atoms with Crippen LogP contribution in [0.5, 0.6) is 11.5 Å². The minimum absolute atomic E-state index is 0. The van der Waals surface area contributed by atoms with Gasteiger partial charge in [-0.05, 0) is 24.6 Å². The molecular weight excluding hydrogens is 525 g/mol. The number of hydrogen-bond donors (Lipinski definition) is 1. The minimum atomic E-state index is 0. The van der Waals surface area contributed by atoms with Gasteiger partial charge in [-0.15, -0.1) is 35.3 Å². The van der Waals surface area contributed by atoms with Crippen molar-refractivity contribution in [3.8, 4) is 11.5 Å². The number of aromatic nitrogens is 1. The molecule has 1 fully saturated rings. The number of nitrogens with one attached hydrogen (secondary N) is 1. The minimum Gasteiger partial charge on any atom is -0.497 e. The van der Waals surface area contributed by atoms with E-state index in [1.807, 2.05) is 19.2 Å². The van der Waals surface area contributed by atoms with E-state index in [0.29, 0.717) is 0 Å². The van der Waals surface area contributed by atoms with Gasteiger partial charge >= 0.3 is 0 Å². The lowest BCUT2D eigenvalue weighted by atomic mass is 10.1. The second kappa shape index (κ2) is 13.1. The molecule has 2 aromatic rings. The highest BCUT2D eigenvalue weighted by molar-refractivity contribution is 14.0. The Kier molecular flexibility index (Phi) is 10.8. The third kappa shape index (κ3) is 7.21. The van der Waals surface area contributed by atoms with E-state index in [0.717, 1.165) is 80.8 Å². The number of halogens is 1. The summed E-state index contributed by atoms with van der Waals surface area (Å²) >= 11 is 1.75. The SMILES string of the molecule is CCc1nc(CCNC(=NC)N2CCN(Cc3cc(OC)ccc3OC)CC2)cs1.I. The summed E-state index contributed by atoms with van der Waals surface area (Å²) in [6, 6.07) is 5.97. The number of thiazole rings is 1. The predicted molar refractivity (Wildman–Crippen MR) is 138 cm³/mol. The van der Waals surface area contributed by atoms with Crippen LogP contribution in [0.25, 0.3) is 0 Å². The Bertz CT molecular complexity index is 837. The Labute approximate surface area is 206 Å². The molecular formula is C22H34IN5O2S. The van der Waals surface area contributed by atoms with E-state index in [1.54, 1.807) is 25.6 Å². The standard InChI is InChI=1S/C22H33N5O2S.HI/c1-5-21-25-18(16-30-21)8-9-24-22(23-2)27-12-10-26(11-13-27)15-17-14-19(28-3)6-7-20(17)29-4;/h6-7,14,16H,5,8-13,15H2,1-4H3,(H,23,24);1H. The van der Waals surface area contributed by atoms with E-state index in [2.05, 4.69) is 43.5 Å². The van der Waals surface area contributed by atoms with Crippen molar-refractivity contribution >= 4 is 41.3 Å². The number of aliphatic imine (C=N–C) groups is 1. The normalized spacial score (nSPS) is 14.8. The van der Waals surface area contributed by atoms with Crippen LogP contribution in [0.15, 0.2) is 28.6 Å². The van der Waals surface area contributed by atoms with E-state index in [1.165, 1.54) is 5.01 Å². The van der Waals surface area contributed by atoms with Crippen molar-refractivity contribution in [2.75, 3.05) is 54.0 Å². The molecule has 0 unspecified atom stereocenters. The van der Waals surface area contributed by atoms with Crippen molar-refractivity contribution in [1.82, 2.24) is 20.1 Å². The van der Waals surface area contributed by atoms with Crippen molar-refractivity contribution in [3.63, 3.8) is 0 Å². The number of piperazine rings is 1. The zero-order valence-corrected chi connectivity index (χ0v) is 22.0. The molecule has 0 atom stereocenters. The molecule has 9 heteroatoms. The molecule has 0 bridgehead atoms. The van der Waals surface area contributed by atoms with E-state index in [4.69, 9.17) is 9.47 Å². The second-order valence-corrected chi connectivity index (χ2v) is 8.19. The van der Waals surface area contributed by atoms with Crippen LogP contribution in [0.2, 0.25) is 0 Å². The maximum absolute atomic E-state index is 5.53. The quantitative estimate of drug-likeness (QED) is 0.305. The molecule has 0 aliphatic carbocycles. The molecule has 0 saturated carbocycles. The van der Waals surface area contributed by atoms with Crippen LogP contribution in [0.3, 0.4) is 0 Å². The fourth-order valence-electron chi connectivity index (χ4n) is 3.62. The molecule has 1 N–H and O–H groups in total. The van der Waals surface area contributed by atoms with Crippen molar-refractivity contribution in [1.29, 1.82) is 0 Å². The summed E-state index contributed by atoms with van der Waals surface area (Å²) in [6.45, 7) is 7.70. The maximum Gasteiger partial charge on any atom is 0.193 e. The van der Waals surface area contributed by atoms with Gasteiger partial charge in [0, 0.05) is 63.7 Å².